The van der Waals surface area contributed by atoms with Crippen molar-refractivity contribution in [3.05, 3.63) is 30.0 Å². The predicted octanol–water partition coefficient (Wildman–Crippen LogP) is 1.83. The quantitative estimate of drug-likeness (QED) is 0.646. The van der Waals surface area contributed by atoms with Crippen LogP contribution >= 0.6 is 0 Å². The van der Waals surface area contributed by atoms with E-state index in [0.29, 0.717) is 28.4 Å². The number of H-pyrrole nitrogens is 1. The number of benzene rings is 1. The maximum Gasteiger partial charge on any atom is 0.237 e. The van der Waals surface area contributed by atoms with Crippen molar-refractivity contribution in [3.63, 3.8) is 0 Å². The van der Waals surface area contributed by atoms with Gasteiger partial charge in [0.25, 0.3) is 0 Å². The van der Waals surface area contributed by atoms with Gasteiger partial charge in [0.15, 0.2) is 11.5 Å². The molecule has 4 heterocycles. The van der Waals surface area contributed by atoms with E-state index in [4.69, 9.17) is 0 Å². The molecule has 0 spiro atoms. The van der Waals surface area contributed by atoms with Gasteiger partial charge in [-0.2, -0.15) is 4.63 Å². The molecule has 2 atom stereocenters. The Hall–Kier alpha value is -3.82. The third-order valence-electron chi connectivity index (χ3n) is 5.68. The molecule has 2 aromatic heterocycles. The minimum Gasteiger partial charge on any atom is -0.281 e. The standard InChI is InChI=1S/C21H20N6O4/c1-10-4-17(28)25(20(10)30)14-7-13(19-22-16-6-12(3)23-27(16)24-19)8-15(9-14)26-18(29)5-11(2)21(26)31/h6-11,23H,4-5H2,1-3H3. The van der Waals surface area contributed by atoms with Crippen molar-refractivity contribution < 1.29 is 19.2 Å². The number of fused-ring (bicyclic) bond motifs is 1. The highest BCUT2D eigenvalue weighted by Crippen LogP contribution is 2.36. The van der Waals surface area contributed by atoms with Crippen LogP contribution in [0.3, 0.4) is 0 Å². The molecule has 0 saturated carbocycles. The third-order valence-corrected chi connectivity index (χ3v) is 5.68. The van der Waals surface area contributed by atoms with Crippen LogP contribution in [-0.2, 0) is 19.2 Å². The molecular formula is C21H20N6O4. The molecule has 0 aliphatic carbocycles. The number of carbonyl (C=O) groups is 4. The van der Waals surface area contributed by atoms with E-state index < -0.39 is 11.8 Å². The van der Waals surface area contributed by atoms with E-state index in [-0.39, 0.29) is 36.5 Å². The molecule has 0 radical (unpaired) electrons. The summed E-state index contributed by atoms with van der Waals surface area (Å²) in [5, 5.41) is 7.45. The Morgan fingerprint density at radius 3 is 1.87 bits per heavy atom. The molecule has 0 bridgehead atoms. The van der Waals surface area contributed by atoms with Crippen LogP contribution in [0.5, 0.6) is 0 Å². The summed E-state index contributed by atoms with van der Waals surface area (Å²) in [5.74, 6) is -1.80. The van der Waals surface area contributed by atoms with Crippen LogP contribution in [0.4, 0.5) is 11.4 Å². The van der Waals surface area contributed by atoms with Crippen LogP contribution in [0, 0.1) is 18.8 Å². The fourth-order valence-electron chi connectivity index (χ4n) is 4.11. The smallest absolute Gasteiger partial charge is 0.237 e. The fourth-order valence-corrected chi connectivity index (χ4v) is 4.11. The van der Waals surface area contributed by atoms with Crippen molar-refractivity contribution >= 4 is 40.7 Å². The summed E-state index contributed by atoms with van der Waals surface area (Å²) in [6, 6.07) is 6.61. The number of aromatic nitrogens is 4. The third kappa shape index (κ3) is 2.94. The number of aromatic amines is 1. The molecule has 2 aliphatic rings. The Kier molecular flexibility index (Phi) is 4.07. The highest BCUT2D eigenvalue weighted by atomic mass is 16.2. The molecule has 3 aromatic rings. The van der Waals surface area contributed by atoms with Gasteiger partial charge >= 0.3 is 0 Å². The lowest BCUT2D eigenvalue weighted by atomic mass is 10.1. The maximum atomic E-state index is 12.6. The molecule has 5 rings (SSSR count). The number of amides is 4. The van der Waals surface area contributed by atoms with Crippen molar-refractivity contribution in [2.45, 2.75) is 33.6 Å². The summed E-state index contributed by atoms with van der Waals surface area (Å²) < 4.78 is 1.51. The first-order valence-corrected chi connectivity index (χ1v) is 10.0. The summed E-state index contributed by atoms with van der Waals surface area (Å²) in [7, 11) is 0. The van der Waals surface area contributed by atoms with Gasteiger partial charge in [0, 0.05) is 42.0 Å². The average Bonchev–Trinajstić information content (AvgIpc) is 3.38. The van der Waals surface area contributed by atoms with Crippen LogP contribution in [-0.4, -0.2) is 43.4 Å². The lowest BCUT2D eigenvalue weighted by molar-refractivity contribution is -0.123. The van der Waals surface area contributed by atoms with E-state index in [1.807, 2.05) is 13.0 Å². The van der Waals surface area contributed by atoms with Crippen molar-refractivity contribution in [1.29, 1.82) is 0 Å². The lowest BCUT2D eigenvalue weighted by Crippen LogP contribution is -2.32. The molecule has 1 aromatic carbocycles. The fraction of sp³-hybridized carbons (Fsp3) is 0.333. The van der Waals surface area contributed by atoms with Gasteiger partial charge < -0.3 is 0 Å². The zero-order chi connectivity index (χ0) is 22.0. The van der Waals surface area contributed by atoms with Crippen molar-refractivity contribution in [2.75, 3.05) is 9.80 Å². The Morgan fingerprint density at radius 1 is 0.871 bits per heavy atom. The van der Waals surface area contributed by atoms with Gasteiger partial charge in [-0.15, -0.1) is 5.10 Å². The molecule has 2 unspecified atom stereocenters. The van der Waals surface area contributed by atoms with Gasteiger partial charge in [-0.1, -0.05) is 13.8 Å². The van der Waals surface area contributed by atoms with E-state index in [1.54, 1.807) is 26.0 Å². The van der Waals surface area contributed by atoms with Crippen LogP contribution in [0.1, 0.15) is 32.4 Å². The first-order valence-electron chi connectivity index (χ1n) is 10.0. The molecule has 1 N–H and O–H groups in total. The van der Waals surface area contributed by atoms with Gasteiger partial charge in [-0.3, -0.25) is 34.1 Å². The topological polar surface area (TPSA) is 121 Å². The number of nitrogens with one attached hydrogen (secondary N) is 1. The second-order valence-electron chi connectivity index (χ2n) is 8.23. The number of aryl methyl sites for hydroxylation is 1. The van der Waals surface area contributed by atoms with E-state index in [9.17, 15) is 19.2 Å². The zero-order valence-corrected chi connectivity index (χ0v) is 17.2. The first kappa shape index (κ1) is 19.2. The molecule has 2 aliphatic heterocycles. The van der Waals surface area contributed by atoms with Crippen LogP contribution in [0.25, 0.3) is 17.0 Å². The summed E-state index contributed by atoms with van der Waals surface area (Å²) in [5.41, 5.74) is 2.56. The number of carbonyl (C=O) groups excluding carboxylic acids is 4. The predicted molar refractivity (Wildman–Crippen MR) is 110 cm³/mol. The molecule has 10 nitrogen and oxygen atoms in total. The molecule has 2 saturated heterocycles. The molecule has 158 valence electrons. The molecular weight excluding hydrogens is 400 g/mol. The molecule has 31 heavy (non-hydrogen) atoms. The van der Waals surface area contributed by atoms with Crippen LogP contribution in [0.2, 0.25) is 0 Å². The van der Waals surface area contributed by atoms with Crippen molar-refractivity contribution in [3.8, 4) is 11.4 Å². The Morgan fingerprint density at radius 2 is 1.42 bits per heavy atom. The number of rotatable bonds is 3. The minimum atomic E-state index is -0.429. The van der Waals surface area contributed by atoms with E-state index >= 15 is 0 Å². The lowest BCUT2D eigenvalue weighted by Gasteiger charge is -2.20. The SMILES string of the molecule is Cc1cc2nc(-c3cc(N4C(=O)CC(C)C4=O)cc(N4C(=O)CC(C)C4=O)c3)nn2[nH]1. The molecule has 4 amide bonds. The molecule has 10 heteroatoms. The number of anilines is 2. The van der Waals surface area contributed by atoms with E-state index in [1.165, 1.54) is 10.7 Å². The van der Waals surface area contributed by atoms with Gasteiger partial charge in [0.2, 0.25) is 23.6 Å². The monoisotopic (exact) mass is 420 g/mol. The first-order chi connectivity index (χ1) is 14.7. The normalized spacial score (nSPS) is 21.9. The second-order valence-corrected chi connectivity index (χ2v) is 8.23. The van der Waals surface area contributed by atoms with Crippen molar-refractivity contribution in [1.82, 2.24) is 19.8 Å². The largest absolute Gasteiger partial charge is 0.281 e. The Labute approximate surface area is 176 Å². The van der Waals surface area contributed by atoms with Gasteiger partial charge in [-0.05, 0) is 25.1 Å². The van der Waals surface area contributed by atoms with Crippen molar-refractivity contribution in [2.24, 2.45) is 11.8 Å². The van der Waals surface area contributed by atoms with Crippen LogP contribution in [0.15, 0.2) is 24.3 Å². The van der Waals surface area contributed by atoms with E-state index in [0.717, 1.165) is 15.5 Å². The number of hydrogen-bond donors (Lipinski definition) is 1. The van der Waals surface area contributed by atoms with Gasteiger partial charge in [0.05, 0.1) is 11.4 Å². The Balaban J connectivity index is 1.67. The number of nitrogens with zero attached hydrogens (tertiary/aromatic N) is 5. The van der Waals surface area contributed by atoms with Gasteiger partial charge in [0.1, 0.15) is 0 Å². The summed E-state index contributed by atoms with van der Waals surface area (Å²) in [4.78, 5) is 57.0. The highest BCUT2D eigenvalue weighted by molar-refractivity contribution is 6.23. The maximum absolute atomic E-state index is 12.6. The van der Waals surface area contributed by atoms with Gasteiger partial charge in [-0.25, -0.2) is 4.98 Å². The number of imide groups is 2. The summed E-state index contributed by atoms with van der Waals surface area (Å²) in [6.45, 7) is 5.27. The molecule has 2 fully saturated rings. The average molecular weight is 420 g/mol. The number of hydrogen-bond acceptors (Lipinski definition) is 6. The summed E-state index contributed by atoms with van der Waals surface area (Å²) in [6.07, 6.45) is 0.226. The Bertz CT molecular complexity index is 1200. The van der Waals surface area contributed by atoms with E-state index in [2.05, 4.69) is 15.2 Å². The zero-order valence-electron chi connectivity index (χ0n) is 17.2. The minimum absolute atomic E-state index is 0.113. The highest BCUT2D eigenvalue weighted by Gasteiger charge is 2.40. The van der Waals surface area contributed by atoms with Crippen LogP contribution < -0.4 is 9.80 Å². The second kappa shape index (κ2) is 6.59. The summed E-state index contributed by atoms with van der Waals surface area (Å²) >= 11 is 0.